The van der Waals surface area contributed by atoms with E-state index in [9.17, 15) is 36.4 Å². The largest absolute Gasteiger partial charge is 0.478 e. The molecule has 0 radical (unpaired) electrons. The van der Waals surface area contributed by atoms with Crippen molar-refractivity contribution in [3.8, 4) is 6.07 Å². The van der Waals surface area contributed by atoms with Gasteiger partial charge in [-0.3, -0.25) is 0 Å². The summed E-state index contributed by atoms with van der Waals surface area (Å²) in [5.74, 6) is -2.26. The predicted octanol–water partition coefficient (Wildman–Crippen LogP) is 2.54. The number of nitriles is 1. The summed E-state index contributed by atoms with van der Waals surface area (Å²) in [6.45, 7) is -0.368. The maximum absolute atomic E-state index is 13.3. The Morgan fingerprint density at radius 1 is 1.15 bits per heavy atom. The third-order valence-corrected chi connectivity index (χ3v) is 6.42. The number of alkyl halides is 3. The lowest BCUT2D eigenvalue weighted by atomic mass is 10.1. The van der Waals surface area contributed by atoms with Gasteiger partial charge in [-0.05, 0) is 30.3 Å². The number of urea groups is 1. The summed E-state index contributed by atoms with van der Waals surface area (Å²) in [4.78, 5) is 29.3. The zero-order chi connectivity index (χ0) is 25.3. The monoisotopic (exact) mass is 517 g/mol. The van der Waals surface area contributed by atoms with Crippen LogP contribution in [0.1, 0.15) is 21.6 Å². The number of hydrogen-bond donors (Lipinski definition) is 2. The first-order chi connectivity index (χ1) is 15.8. The van der Waals surface area contributed by atoms with E-state index in [2.05, 4.69) is 4.98 Å². The van der Waals surface area contributed by atoms with Gasteiger partial charge in [-0.15, -0.1) is 0 Å². The lowest BCUT2D eigenvalue weighted by molar-refractivity contribution is -0.141. The van der Waals surface area contributed by atoms with Crippen molar-refractivity contribution in [3.63, 3.8) is 0 Å². The number of carboxylic acid groups (broad SMARTS) is 1. The number of halogens is 4. The minimum absolute atomic E-state index is 0.0835. The standard InChI is InChI=1S/C19H15ClF3N5O5S/c20-12-1-3-13(4-2-12)34(32,33)26-18(31)28-7-5-27(6-8-28)16-11(10-24)9-14(17(29)30)15(25-16)19(21,22)23/h1-4,9H,5-8H2,(H,26,31)(H,29,30). The summed E-state index contributed by atoms with van der Waals surface area (Å²) in [6.07, 6.45) is -5.08. The molecular weight excluding hydrogens is 503 g/mol. The van der Waals surface area contributed by atoms with Crippen LogP contribution in [0, 0.1) is 11.3 Å². The number of benzene rings is 1. The van der Waals surface area contributed by atoms with Crippen molar-refractivity contribution in [1.82, 2.24) is 14.6 Å². The molecule has 2 amide bonds. The topological polar surface area (TPSA) is 144 Å². The van der Waals surface area contributed by atoms with E-state index < -0.39 is 39.5 Å². The van der Waals surface area contributed by atoms with E-state index in [1.165, 1.54) is 29.2 Å². The Hall–Kier alpha value is -3.57. The van der Waals surface area contributed by atoms with Crippen LogP contribution >= 0.6 is 11.6 Å². The number of piperazine rings is 1. The van der Waals surface area contributed by atoms with Gasteiger partial charge in [0.1, 0.15) is 11.9 Å². The molecule has 0 unspecified atom stereocenters. The third-order valence-electron chi connectivity index (χ3n) is 4.83. The molecule has 0 bridgehead atoms. The highest BCUT2D eigenvalue weighted by Crippen LogP contribution is 2.34. The van der Waals surface area contributed by atoms with Gasteiger partial charge < -0.3 is 14.9 Å². The summed E-state index contributed by atoms with van der Waals surface area (Å²) in [5, 5.41) is 18.7. The van der Waals surface area contributed by atoms with Crippen LogP contribution in [0.4, 0.5) is 23.8 Å². The molecular formula is C19H15ClF3N5O5S. The van der Waals surface area contributed by atoms with E-state index in [0.29, 0.717) is 11.1 Å². The smallest absolute Gasteiger partial charge is 0.434 e. The van der Waals surface area contributed by atoms with Crippen LogP contribution < -0.4 is 9.62 Å². The maximum atomic E-state index is 13.3. The molecule has 1 aliphatic rings. The van der Waals surface area contributed by atoms with E-state index in [4.69, 9.17) is 16.7 Å². The number of carbonyl (C=O) groups is 2. The molecule has 1 aromatic heterocycles. The fourth-order valence-corrected chi connectivity index (χ4v) is 4.28. The van der Waals surface area contributed by atoms with Crippen molar-refractivity contribution in [1.29, 1.82) is 5.26 Å². The van der Waals surface area contributed by atoms with Crippen LogP contribution in [-0.2, 0) is 16.2 Å². The number of aromatic carboxylic acids is 1. The quantitative estimate of drug-likeness (QED) is 0.629. The van der Waals surface area contributed by atoms with Crippen molar-refractivity contribution in [3.05, 3.63) is 52.2 Å². The second-order valence-electron chi connectivity index (χ2n) is 7.01. The first-order valence-electron chi connectivity index (χ1n) is 9.41. The lowest BCUT2D eigenvalue weighted by Gasteiger charge is -2.35. The molecule has 0 saturated carbocycles. The number of amides is 2. The Bertz CT molecular complexity index is 1270. The number of rotatable bonds is 4. The van der Waals surface area contributed by atoms with Gasteiger partial charge in [0.25, 0.3) is 10.0 Å². The number of aromatic nitrogens is 1. The molecule has 2 heterocycles. The number of carbonyl (C=O) groups excluding carboxylic acids is 1. The van der Waals surface area contributed by atoms with Crippen molar-refractivity contribution in [2.24, 2.45) is 0 Å². The highest BCUT2D eigenvalue weighted by molar-refractivity contribution is 7.90. The average molecular weight is 518 g/mol. The Morgan fingerprint density at radius 2 is 1.74 bits per heavy atom. The van der Waals surface area contributed by atoms with Crippen molar-refractivity contribution in [2.45, 2.75) is 11.1 Å². The zero-order valence-electron chi connectivity index (χ0n) is 17.0. The highest BCUT2D eigenvalue weighted by Gasteiger charge is 2.39. The average Bonchev–Trinajstić information content (AvgIpc) is 2.77. The van der Waals surface area contributed by atoms with Gasteiger partial charge in [0.05, 0.1) is 16.0 Å². The fraction of sp³-hybridized carbons (Fsp3) is 0.263. The van der Waals surface area contributed by atoms with Crippen LogP contribution in [0.5, 0.6) is 0 Å². The van der Waals surface area contributed by atoms with Gasteiger partial charge in [-0.1, -0.05) is 11.6 Å². The van der Waals surface area contributed by atoms with E-state index in [1.54, 1.807) is 6.07 Å². The zero-order valence-corrected chi connectivity index (χ0v) is 18.6. The SMILES string of the molecule is N#Cc1cc(C(=O)O)c(C(F)(F)F)nc1N1CCN(C(=O)NS(=O)(=O)c2ccc(Cl)cc2)CC1. The molecule has 0 aliphatic carbocycles. The fourth-order valence-electron chi connectivity index (χ4n) is 3.18. The molecule has 1 fully saturated rings. The first kappa shape index (κ1) is 25.1. The molecule has 15 heteroatoms. The van der Waals surface area contributed by atoms with Gasteiger partial charge in [0.2, 0.25) is 0 Å². The van der Waals surface area contributed by atoms with Crippen LogP contribution in [0.3, 0.4) is 0 Å². The molecule has 3 rings (SSSR count). The van der Waals surface area contributed by atoms with E-state index >= 15 is 0 Å². The summed E-state index contributed by atoms with van der Waals surface area (Å²) < 4.78 is 66.6. The van der Waals surface area contributed by atoms with E-state index in [-0.39, 0.29) is 42.5 Å². The second-order valence-corrected chi connectivity index (χ2v) is 9.13. The number of carboxylic acids is 1. The maximum Gasteiger partial charge on any atom is 0.434 e. The first-order valence-corrected chi connectivity index (χ1v) is 11.3. The minimum atomic E-state index is -5.08. The Morgan fingerprint density at radius 3 is 2.24 bits per heavy atom. The van der Waals surface area contributed by atoms with Crippen LogP contribution in [0.25, 0.3) is 0 Å². The van der Waals surface area contributed by atoms with E-state index in [0.717, 1.165) is 4.90 Å². The molecule has 180 valence electrons. The molecule has 2 N–H and O–H groups in total. The molecule has 1 saturated heterocycles. The van der Waals surface area contributed by atoms with Gasteiger partial charge in [-0.2, -0.15) is 18.4 Å². The van der Waals surface area contributed by atoms with Crippen molar-refractivity contribution in [2.75, 3.05) is 31.1 Å². The van der Waals surface area contributed by atoms with Crippen LogP contribution in [0.2, 0.25) is 5.02 Å². The van der Waals surface area contributed by atoms with Crippen molar-refractivity contribution >= 4 is 39.4 Å². The number of anilines is 1. The van der Waals surface area contributed by atoms with Gasteiger partial charge in [0.15, 0.2) is 5.69 Å². The molecule has 0 atom stereocenters. The van der Waals surface area contributed by atoms with Crippen molar-refractivity contribution < 1.29 is 36.3 Å². The number of sulfonamides is 1. The lowest BCUT2D eigenvalue weighted by Crippen LogP contribution is -2.53. The molecule has 1 aliphatic heterocycles. The number of nitrogens with zero attached hydrogens (tertiary/aromatic N) is 4. The molecule has 0 spiro atoms. The summed E-state index contributed by atoms with van der Waals surface area (Å²) in [7, 11) is -4.19. The molecule has 10 nitrogen and oxygen atoms in total. The predicted molar refractivity (Wildman–Crippen MR) is 112 cm³/mol. The number of nitrogens with one attached hydrogen (secondary N) is 1. The molecule has 34 heavy (non-hydrogen) atoms. The van der Waals surface area contributed by atoms with Crippen LogP contribution in [-0.4, -0.2) is 61.6 Å². The summed E-state index contributed by atoms with van der Waals surface area (Å²) in [6, 6.07) is 6.39. The summed E-state index contributed by atoms with van der Waals surface area (Å²) in [5.41, 5.74) is -3.19. The highest BCUT2D eigenvalue weighted by atomic mass is 35.5. The third kappa shape index (κ3) is 5.32. The minimum Gasteiger partial charge on any atom is -0.478 e. The molecule has 2 aromatic rings. The number of pyridine rings is 1. The second kappa shape index (κ2) is 9.35. The molecule has 1 aromatic carbocycles. The van der Waals surface area contributed by atoms with Gasteiger partial charge in [-0.25, -0.2) is 27.7 Å². The van der Waals surface area contributed by atoms with Gasteiger partial charge >= 0.3 is 18.2 Å². The van der Waals surface area contributed by atoms with Crippen LogP contribution in [0.15, 0.2) is 35.2 Å². The van der Waals surface area contributed by atoms with E-state index in [1.807, 2.05) is 4.72 Å². The Kier molecular flexibility index (Phi) is 6.89. The summed E-state index contributed by atoms with van der Waals surface area (Å²) >= 11 is 5.72. The number of hydrogen-bond acceptors (Lipinski definition) is 7. The Balaban J connectivity index is 1.77. The normalized spacial score (nSPS) is 14.4. The Labute approximate surface area is 196 Å². The van der Waals surface area contributed by atoms with Gasteiger partial charge in [0, 0.05) is 31.2 Å².